The number of nitrogens with zero attached hydrogens (tertiary/aromatic N) is 4. The van der Waals surface area contributed by atoms with Crippen LogP contribution in [0.4, 0.5) is 5.69 Å². The third-order valence-electron chi connectivity index (χ3n) is 4.21. The van der Waals surface area contributed by atoms with Crippen molar-refractivity contribution >= 4 is 23.4 Å². The molecule has 0 saturated heterocycles. The Hall–Kier alpha value is -1.79. The predicted molar refractivity (Wildman–Crippen MR) is 87.0 cm³/mol. The van der Waals surface area contributed by atoms with E-state index in [2.05, 4.69) is 20.5 Å². The summed E-state index contributed by atoms with van der Waals surface area (Å²) in [6.07, 6.45) is 3.84. The van der Waals surface area contributed by atoms with E-state index in [-0.39, 0.29) is 5.91 Å². The minimum atomic E-state index is 0.188. The summed E-state index contributed by atoms with van der Waals surface area (Å²) in [5.41, 5.74) is 1.06. The number of hydrogen-bond acceptors (Lipinski definition) is 4. The van der Waals surface area contributed by atoms with Gasteiger partial charge in [0, 0.05) is 42.7 Å². The minimum Gasteiger partial charge on any atom is -0.333 e. The molecule has 0 spiro atoms. The van der Waals surface area contributed by atoms with Crippen molar-refractivity contribution < 1.29 is 4.79 Å². The molecule has 0 radical (unpaired) electrons. The van der Waals surface area contributed by atoms with E-state index in [9.17, 15) is 4.79 Å². The maximum Gasteiger partial charge on any atom is 0.241 e. The number of aromatic nitrogens is 2. The third-order valence-corrected chi connectivity index (χ3v) is 5.26. The van der Waals surface area contributed by atoms with Crippen LogP contribution in [0.2, 0.25) is 0 Å². The molecule has 0 aliphatic carbocycles. The zero-order chi connectivity index (χ0) is 14.9. The fraction of sp³-hybridized carbons (Fsp3) is 0.375. The Kier molecular flexibility index (Phi) is 3.63. The summed E-state index contributed by atoms with van der Waals surface area (Å²) in [5, 5.41) is 0. The van der Waals surface area contributed by atoms with E-state index in [0.29, 0.717) is 6.54 Å². The number of para-hydroxylation sites is 1. The van der Waals surface area contributed by atoms with Crippen LogP contribution in [-0.4, -0.2) is 45.7 Å². The van der Waals surface area contributed by atoms with Crippen LogP contribution in [0.1, 0.15) is 5.82 Å². The smallest absolute Gasteiger partial charge is 0.241 e. The lowest BCUT2D eigenvalue weighted by Gasteiger charge is -2.32. The summed E-state index contributed by atoms with van der Waals surface area (Å²) in [6, 6.07) is 8.17. The fourth-order valence-electron chi connectivity index (χ4n) is 3.06. The van der Waals surface area contributed by atoms with Crippen LogP contribution < -0.4 is 4.90 Å². The van der Waals surface area contributed by atoms with Crippen molar-refractivity contribution in [3.05, 3.63) is 42.5 Å². The van der Waals surface area contributed by atoms with Gasteiger partial charge in [-0.2, -0.15) is 0 Å². The molecule has 0 bridgehead atoms. The molecule has 1 amide bonds. The number of hydrogen-bond donors (Lipinski definition) is 0. The third kappa shape index (κ3) is 2.53. The highest BCUT2D eigenvalue weighted by molar-refractivity contribution is 7.99. The van der Waals surface area contributed by atoms with Crippen molar-refractivity contribution in [2.24, 2.45) is 0 Å². The summed E-state index contributed by atoms with van der Waals surface area (Å²) in [4.78, 5) is 22.4. The molecule has 6 heteroatoms. The molecule has 0 unspecified atom stereocenters. The molecule has 0 saturated carbocycles. The van der Waals surface area contributed by atoms with Gasteiger partial charge in [0.2, 0.25) is 5.91 Å². The van der Waals surface area contributed by atoms with Gasteiger partial charge in [0.15, 0.2) is 0 Å². The Morgan fingerprint density at radius 2 is 2.14 bits per heavy atom. The number of thioether (sulfide) groups is 1. The Morgan fingerprint density at radius 1 is 1.23 bits per heavy atom. The number of carbonyl (C=O) groups is 1. The largest absolute Gasteiger partial charge is 0.333 e. The van der Waals surface area contributed by atoms with Gasteiger partial charge in [-0.3, -0.25) is 9.69 Å². The van der Waals surface area contributed by atoms with Gasteiger partial charge < -0.3 is 9.47 Å². The molecular weight excluding hydrogens is 296 g/mol. The Balaban J connectivity index is 1.47. The maximum atomic E-state index is 12.7. The van der Waals surface area contributed by atoms with Gasteiger partial charge in [0.25, 0.3) is 0 Å². The maximum absolute atomic E-state index is 12.7. The second-order valence-electron chi connectivity index (χ2n) is 5.61. The van der Waals surface area contributed by atoms with Crippen molar-refractivity contribution in [3.8, 4) is 0 Å². The van der Waals surface area contributed by atoms with Crippen molar-refractivity contribution in [1.29, 1.82) is 0 Å². The average Bonchev–Trinajstić information content (AvgIpc) is 3.02. The molecule has 3 heterocycles. The Labute approximate surface area is 133 Å². The first-order valence-electron chi connectivity index (χ1n) is 7.56. The average molecular weight is 314 g/mol. The molecule has 0 atom stereocenters. The fourth-order valence-corrected chi connectivity index (χ4v) is 4.06. The van der Waals surface area contributed by atoms with Crippen LogP contribution in [0.15, 0.2) is 41.6 Å². The van der Waals surface area contributed by atoms with Gasteiger partial charge in [0.1, 0.15) is 5.82 Å². The summed E-state index contributed by atoms with van der Waals surface area (Å²) in [5.74, 6) is 2.20. The predicted octanol–water partition coefficient (Wildman–Crippen LogP) is 1.84. The number of benzene rings is 1. The molecule has 1 aromatic carbocycles. The first kappa shape index (κ1) is 13.8. The van der Waals surface area contributed by atoms with E-state index in [1.54, 1.807) is 0 Å². The van der Waals surface area contributed by atoms with E-state index in [1.807, 2.05) is 47.3 Å². The normalized spacial score (nSPS) is 17.9. The molecule has 1 aromatic heterocycles. The van der Waals surface area contributed by atoms with Gasteiger partial charge in [-0.1, -0.05) is 12.1 Å². The van der Waals surface area contributed by atoms with E-state index >= 15 is 0 Å². The highest BCUT2D eigenvalue weighted by atomic mass is 32.2. The van der Waals surface area contributed by atoms with Crippen LogP contribution in [0, 0.1) is 0 Å². The summed E-state index contributed by atoms with van der Waals surface area (Å²) >= 11 is 1.83. The molecule has 4 rings (SSSR count). The highest BCUT2D eigenvalue weighted by Crippen LogP contribution is 2.34. The van der Waals surface area contributed by atoms with Crippen molar-refractivity contribution in [2.75, 3.05) is 30.3 Å². The van der Waals surface area contributed by atoms with Gasteiger partial charge in [-0.25, -0.2) is 4.98 Å². The van der Waals surface area contributed by atoms with Gasteiger partial charge in [-0.05, 0) is 12.1 Å². The van der Waals surface area contributed by atoms with Crippen molar-refractivity contribution in [3.63, 3.8) is 0 Å². The van der Waals surface area contributed by atoms with E-state index in [0.717, 1.165) is 43.4 Å². The standard InChI is InChI=1S/C16H18N4OS/c21-16(12-18-7-8-19-6-5-17-15(19)11-18)20-9-10-22-14-4-2-1-3-13(14)20/h1-6H,7-12H2. The molecule has 22 heavy (non-hydrogen) atoms. The minimum absolute atomic E-state index is 0.188. The van der Waals surface area contributed by atoms with Crippen LogP contribution in [0.3, 0.4) is 0 Å². The number of rotatable bonds is 2. The summed E-state index contributed by atoms with van der Waals surface area (Å²) < 4.78 is 2.16. The van der Waals surface area contributed by atoms with Crippen LogP contribution in [0.5, 0.6) is 0 Å². The quantitative estimate of drug-likeness (QED) is 0.848. The first-order valence-corrected chi connectivity index (χ1v) is 8.54. The molecule has 2 aliphatic rings. The lowest BCUT2D eigenvalue weighted by Crippen LogP contribution is -2.45. The Bertz CT molecular complexity index is 699. The number of amides is 1. The molecule has 5 nitrogen and oxygen atoms in total. The topological polar surface area (TPSA) is 41.4 Å². The molecule has 2 aromatic rings. The summed E-state index contributed by atoms with van der Waals surface area (Å²) in [7, 11) is 0. The lowest BCUT2D eigenvalue weighted by atomic mass is 10.2. The zero-order valence-electron chi connectivity index (χ0n) is 12.3. The SMILES string of the molecule is O=C(CN1CCn2ccnc2C1)N1CCSc2ccccc21. The molecule has 0 N–H and O–H groups in total. The number of fused-ring (bicyclic) bond motifs is 2. The van der Waals surface area contributed by atoms with Gasteiger partial charge in [0.05, 0.1) is 18.8 Å². The molecule has 0 fully saturated rings. The number of imidazole rings is 1. The van der Waals surface area contributed by atoms with Crippen LogP contribution in [-0.2, 0) is 17.9 Å². The lowest BCUT2D eigenvalue weighted by molar-refractivity contribution is -0.120. The number of carbonyl (C=O) groups excluding carboxylic acids is 1. The first-order chi connectivity index (χ1) is 10.8. The molecule has 114 valence electrons. The Morgan fingerprint density at radius 3 is 3.09 bits per heavy atom. The zero-order valence-corrected chi connectivity index (χ0v) is 13.1. The summed E-state index contributed by atoms with van der Waals surface area (Å²) in [6.45, 7) is 3.83. The van der Waals surface area contributed by atoms with Crippen molar-refractivity contribution in [2.45, 2.75) is 18.0 Å². The van der Waals surface area contributed by atoms with Gasteiger partial charge >= 0.3 is 0 Å². The van der Waals surface area contributed by atoms with Crippen LogP contribution in [0.25, 0.3) is 0 Å². The second-order valence-corrected chi connectivity index (χ2v) is 6.75. The molecular formula is C16H18N4OS. The van der Waals surface area contributed by atoms with E-state index in [1.165, 1.54) is 4.90 Å². The van der Waals surface area contributed by atoms with E-state index < -0.39 is 0 Å². The second kappa shape index (κ2) is 5.78. The number of anilines is 1. The van der Waals surface area contributed by atoms with Crippen LogP contribution >= 0.6 is 11.8 Å². The highest BCUT2D eigenvalue weighted by Gasteiger charge is 2.25. The van der Waals surface area contributed by atoms with E-state index in [4.69, 9.17) is 0 Å². The van der Waals surface area contributed by atoms with Crippen molar-refractivity contribution in [1.82, 2.24) is 14.5 Å². The monoisotopic (exact) mass is 314 g/mol. The van der Waals surface area contributed by atoms with Gasteiger partial charge in [-0.15, -0.1) is 11.8 Å². The molecule has 2 aliphatic heterocycles.